The van der Waals surface area contributed by atoms with E-state index >= 15 is 0 Å². The molecule has 0 aliphatic carbocycles. The fourth-order valence-corrected chi connectivity index (χ4v) is 1.37. The first kappa shape index (κ1) is 10.3. The molecule has 5 nitrogen and oxygen atoms in total. The van der Waals surface area contributed by atoms with E-state index in [0.29, 0.717) is 17.0 Å². The zero-order chi connectivity index (χ0) is 11.5. The van der Waals surface area contributed by atoms with Crippen LogP contribution in [0.1, 0.15) is 5.56 Å². The van der Waals surface area contributed by atoms with Gasteiger partial charge in [-0.15, -0.1) is 0 Å². The summed E-state index contributed by atoms with van der Waals surface area (Å²) in [6.45, 7) is 0. The van der Waals surface area contributed by atoms with Crippen molar-refractivity contribution in [3.63, 3.8) is 0 Å². The number of hydrogen-bond donors (Lipinski definition) is 1. The Bertz CT molecular complexity index is 538. The van der Waals surface area contributed by atoms with Gasteiger partial charge in [-0.3, -0.25) is 4.98 Å². The van der Waals surface area contributed by atoms with Crippen LogP contribution in [0.15, 0.2) is 24.4 Å². The van der Waals surface area contributed by atoms with Gasteiger partial charge in [-0.25, -0.2) is 9.97 Å². The molecule has 0 aliphatic heterocycles. The number of aromatic nitrogens is 3. The molecule has 2 N–H and O–H groups in total. The van der Waals surface area contributed by atoms with Crippen LogP contribution in [0.3, 0.4) is 0 Å². The van der Waals surface area contributed by atoms with E-state index in [-0.39, 0.29) is 11.1 Å². The molecule has 2 aromatic heterocycles. The first-order valence-corrected chi connectivity index (χ1v) is 4.73. The Hall–Kier alpha value is -2.19. The summed E-state index contributed by atoms with van der Waals surface area (Å²) in [5, 5.41) is 8.89. The Morgan fingerprint density at radius 2 is 2.06 bits per heavy atom. The molecule has 0 amide bonds. The summed E-state index contributed by atoms with van der Waals surface area (Å²) in [7, 11) is 0. The molecule has 78 valence electrons. The second kappa shape index (κ2) is 4.13. The predicted octanol–water partition coefficient (Wildman–Crippen LogP) is 1.65. The second-order valence-corrected chi connectivity index (χ2v) is 3.37. The minimum atomic E-state index is 0.0914. The molecule has 16 heavy (non-hydrogen) atoms. The van der Waals surface area contributed by atoms with Gasteiger partial charge in [0.15, 0.2) is 0 Å². The van der Waals surface area contributed by atoms with Gasteiger partial charge < -0.3 is 5.73 Å². The highest BCUT2D eigenvalue weighted by Crippen LogP contribution is 2.18. The van der Waals surface area contributed by atoms with E-state index < -0.39 is 0 Å². The van der Waals surface area contributed by atoms with Gasteiger partial charge >= 0.3 is 0 Å². The molecule has 0 fully saturated rings. The van der Waals surface area contributed by atoms with Crippen LogP contribution < -0.4 is 5.73 Å². The highest BCUT2D eigenvalue weighted by atomic mass is 35.5. The fourth-order valence-electron chi connectivity index (χ4n) is 1.18. The van der Waals surface area contributed by atoms with Gasteiger partial charge in [0.2, 0.25) is 5.95 Å². The molecular weight excluding hydrogens is 226 g/mol. The molecule has 6 heteroatoms. The van der Waals surface area contributed by atoms with Crippen LogP contribution in [-0.4, -0.2) is 15.0 Å². The SMILES string of the molecule is N#Cc1ccc(-c2cc(Cl)nc(N)n2)nc1. The lowest BCUT2D eigenvalue weighted by atomic mass is 10.2. The number of nitrogens with two attached hydrogens (primary N) is 1. The van der Waals surface area contributed by atoms with Crippen molar-refractivity contribution in [1.82, 2.24) is 15.0 Å². The molecule has 0 spiro atoms. The molecule has 0 atom stereocenters. The largest absolute Gasteiger partial charge is 0.368 e. The van der Waals surface area contributed by atoms with Gasteiger partial charge in [-0.05, 0) is 12.1 Å². The first-order valence-electron chi connectivity index (χ1n) is 4.35. The summed E-state index contributed by atoms with van der Waals surface area (Å²) in [5.41, 5.74) is 7.07. The monoisotopic (exact) mass is 231 g/mol. The van der Waals surface area contributed by atoms with Crippen molar-refractivity contribution >= 4 is 17.5 Å². The second-order valence-electron chi connectivity index (χ2n) is 2.98. The third kappa shape index (κ3) is 2.07. The smallest absolute Gasteiger partial charge is 0.222 e. The summed E-state index contributed by atoms with van der Waals surface area (Å²) < 4.78 is 0. The maximum absolute atomic E-state index is 8.63. The third-order valence-corrected chi connectivity index (χ3v) is 2.06. The molecule has 2 heterocycles. The van der Waals surface area contributed by atoms with Crippen molar-refractivity contribution in [3.05, 3.63) is 35.1 Å². The van der Waals surface area contributed by atoms with Gasteiger partial charge in [0.25, 0.3) is 0 Å². The highest BCUT2D eigenvalue weighted by molar-refractivity contribution is 6.29. The summed E-state index contributed by atoms with van der Waals surface area (Å²) >= 11 is 5.75. The molecular formula is C10H6ClN5. The third-order valence-electron chi connectivity index (χ3n) is 1.87. The van der Waals surface area contributed by atoms with Crippen molar-refractivity contribution in [3.8, 4) is 17.5 Å². The van der Waals surface area contributed by atoms with Crippen LogP contribution >= 0.6 is 11.6 Å². The number of anilines is 1. The molecule has 2 aromatic rings. The Balaban J connectivity index is 2.47. The summed E-state index contributed by atoms with van der Waals surface area (Å²) in [6.07, 6.45) is 1.46. The Morgan fingerprint density at radius 1 is 1.25 bits per heavy atom. The lowest BCUT2D eigenvalue weighted by Crippen LogP contribution is -1.97. The highest BCUT2D eigenvalue weighted by Gasteiger charge is 2.04. The van der Waals surface area contributed by atoms with Gasteiger partial charge in [0.05, 0.1) is 17.0 Å². The van der Waals surface area contributed by atoms with E-state index in [1.807, 2.05) is 6.07 Å². The molecule has 0 saturated heterocycles. The summed E-state index contributed by atoms with van der Waals surface area (Å²) in [4.78, 5) is 11.8. The van der Waals surface area contributed by atoms with Gasteiger partial charge in [-0.2, -0.15) is 5.26 Å². The number of pyridine rings is 1. The molecule has 0 aromatic carbocycles. The van der Waals surface area contributed by atoms with E-state index in [1.54, 1.807) is 18.2 Å². The molecule has 0 saturated carbocycles. The Morgan fingerprint density at radius 3 is 2.62 bits per heavy atom. The van der Waals surface area contributed by atoms with Crippen LogP contribution in [0, 0.1) is 11.3 Å². The minimum absolute atomic E-state index is 0.0914. The Kier molecular flexibility index (Phi) is 2.66. The average Bonchev–Trinajstić information content (AvgIpc) is 2.28. The van der Waals surface area contributed by atoms with Crippen molar-refractivity contribution in [2.24, 2.45) is 0 Å². The van der Waals surface area contributed by atoms with Crippen LogP contribution in [0.4, 0.5) is 5.95 Å². The van der Waals surface area contributed by atoms with E-state index in [0.717, 1.165) is 0 Å². The van der Waals surface area contributed by atoms with Crippen LogP contribution in [-0.2, 0) is 0 Å². The maximum Gasteiger partial charge on any atom is 0.222 e. The summed E-state index contributed by atoms with van der Waals surface area (Å²) in [5.74, 6) is 0.0914. The quantitative estimate of drug-likeness (QED) is 0.754. The molecule has 0 aliphatic rings. The van der Waals surface area contributed by atoms with Crippen LogP contribution in [0.2, 0.25) is 5.15 Å². The zero-order valence-corrected chi connectivity index (χ0v) is 8.81. The normalized spacial score (nSPS) is 9.75. The standard InChI is InChI=1S/C10H6ClN5/c11-9-3-8(15-10(13)16-9)7-2-1-6(4-12)5-14-7/h1-3,5H,(H2,13,15,16). The number of nitrogens with zero attached hydrogens (tertiary/aromatic N) is 4. The predicted molar refractivity (Wildman–Crippen MR) is 59.4 cm³/mol. The van der Waals surface area contributed by atoms with Gasteiger partial charge in [0.1, 0.15) is 11.2 Å². The minimum Gasteiger partial charge on any atom is -0.368 e. The van der Waals surface area contributed by atoms with E-state index in [4.69, 9.17) is 22.6 Å². The van der Waals surface area contributed by atoms with Gasteiger partial charge in [-0.1, -0.05) is 11.6 Å². The van der Waals surface area contributed by atoms with Crippen LogP contribution in [0.25, 0.3) is 11.4 Å². The van der Waals surface area contributed by atoms with E-state index in [9.17, 15) is 0 Å². The Labute approximate surface area is 96.5 Å². The lowest BCUT2D eigenvalue weighted by Gasteiger charge is -2.01. The number of nitriles is 1. The summed E-state index contributed by atoms with van der Waals surface area (Å²) in [6, 6.07) is 6.87. The maximum atomic E-state index is 8.63. The molecule has 0 radical (unpaired) electrons. The van der Waals surface area contributed by atoms with E-state index in [1.165, 1.54) is 6.20 Å². The number of rotatable bonds is 1. The fraction of sp³-hybridized carbons (Fsp3) is 0. The first-order chi connectivity index (χ1) is 7.69. The van der Waals surface area contributed by atoms with Crippen molar-refractivity contribution in [1.29, 1.82) is 5.26 Å². The molecule has 2 rings (SSSR count). The molecule has 0 unspecified atom stereocenters. The number of nitrogen functional groups attached to an aromatic ring is 1. The van der Waals surface area contributed by atoms with Crippen molar-refractivity contribution in [2.75, 3.05) is 5.73 Å². The average molecular weight is 232 g/mol. The van der Waals surface area contributed by atoms with Crippen LogP contribution in [0.5, 0.6) is 0 Å². The number of halogens is 1. The van der Waals surface area contributed by atoms with E-state index in [2.05, 4.69) is 15.0 Å². The molecule has 0 bridgehead atoms. The van der Waals surface area contributed by atoms with Crippen molar-refractivity contribution in [2.45, 2.75) is 0 Å². The number of hydrogen-bond acceptors (Lipinski definition) is 5. The zero-order valence-electron chi connectivity index (χ0n) is 8.05. The lowest BCUT2D eigenvalue weighted by molar-refractivity contribution is 1.16. The van der Waals surface area contributed by atoms with Crippen molar-refractivity contribution < 1.29 is 0 Å². The topological polar surface area (TPSA) is 88.5 Å². The van der Waals surface area contributed by atoms with Gasteiger partial charge in [0, 0.05) is 12.3 Å².